The predicted molar refractivity (Wildman–Crippen MR) is 98.0 cm³/mol. The summed E-state index contributed by atoms with van der Waals surface area (Å²) in [5.74, 6) is -0.0250. The van der Waals surface area contributed by atoms with Gasteiger partial charge in [0, 0.05) is 5.69 Å². The Kier molecular flexibility index (Phi) is 5.86. The Balaban J connectivity index is 1.95. The number of hydrogen-bond acceptors (Lipinski definition) is 7. The third kappa shape index (κ3) is 4.23. The first-order chi connectivity index (χ1) is 13.9. The maximum atomic E-state index is 12.8. The molecular formula is C18H17F2N5O4. The number of rotatable bonds is 7. The molecule has 1 N–H and O–H groups in total. The molecule has 1 heterocycles. The zero-order valence-electron chi connectivity index (χ0n) is 15.7. The zero-order chi connectivity index (χ0) is 21.0. The number of nitrogens with zero attached hydrogens (tertiary/aromatic N) is 4. The standard InChI is InChI=1S/C18H17F2N5O4/c1-10-22-23-24-25(10)13-9-11(7-8-14(13)27-2)21-17(26)12-5-4-6-15(28-3)16(12)29-18(19)20/h4-9,18H,1-3H3,(H,21,26). The largest absolute Gasteiger partial charge is 0.494 e. The fraction of sp³-hybridized carbons (Fsp3) is 0.222. The van der Waals surface area contributed by atoms with Crippen LogP contribution in [-0.2, 0) is 0 Å². The molecule has 0 saturated heterocycles. The second-order valence-electron chi connectivity index (χ2n) is 5.69. The van der Waals surface area contributed by atoms with Crippen molar-refractivity contribution in [3.8, 4) is 22.9 Å². The van der Waals surface area contributed by atoms with E-state index in [2.05, 4.69) is 25.6 Å². The van der Waals surface area contributed by atoms with Crippen molar-refractivity contribution in [3.05, 3.63) is 47.8 Å². The highest BCUT2D eigenvalue weighted by atomic mass is 19.3. The van der Waals surface area contributed by atoms with Gasteiger partial charge in [-0.2, -0.15) is 13.5 Å². The van der Waals surface area contributed by atoms with E-state index in [-0.39, 0.29) is 17.1 Å². The smallest absolute Gasteiger partial charge is 0.387 e. The molecule has 0 saturated carbocycles. The van der Waals surface area contributed by atoms with Crippen LogP contribution in [0.5, 0.6) is 17.2 Å². The molecular weight excluding hydrogens is 388 g/mol. The lowest BCUT2D eigenvalue weighted by atomic mass is 10.1. The third-order valence-electron chi connectivity index (χ3n) is 3.94. The van der Waals surface area contributed by atoms with Crippen molar-refractivity contribution in [2.45, 2.75) is 13.5 Å². The minimum absolute atomic E-state index is 0.0117. The lowest BCUT2D eigenvalue weighted by Crippen LogP contribution is -2.16. The number of aromatic nitrogens is 4. The van der Waals surface area contributed by atoms with Crippen LogP contribution < -0.4 is 19.5 Å². The molecule has 0 atom stereocenters. The van der Waals surface area contributed by atoms with Gasteiger partial charge in [-0.1, -0.05) is 6.07 Å². The minimum atomic E-state index is -3.12. The molecule has 0 aliphatic carbocycles. The van der Waals surface area contributed by atoms with Crippen LogP contribution in [0.2, 0.25) is 0 Å². The molecule has 1 aromatic heterocycles. The van der Waals surface area contributed by atoms with Crippen molar-refractivity contribution in [1.29, 1.82) is 0 Å². The van der Waals surface area contributed by atoms with E-state index in [1.165, 1.54) is 37.1 Å². The zero-order valence-corrected chi connectivity index (χ0v) is 15.7. The highest BCUT2D eigenvalue weighted by Gasteiger charge is 2.21. The van der Waals surface area contributed by atoms with Gasteiger partial charge in [0.25, 0.3) is 5.91 Å². The van der Waals surface area contributed by atoms with Crippen LogP contribution in [0.4, 0.5) is 14.5 Å². The van der Waals surface area contributed by atoms with E-state index in [0.29, 0.717) is 22.9 Å². The van der Waals surface area contributed by atoms with Gasteiger partial charge in [-0.25, -0.2) is 0 Å². The molecule has 0 aliphatic rings. The minimum Gasteiger partial charge on any atom is -0.494 e. The average molecular weight is 405 g/mol. The number of ether oxygens (including phenoxy) is 3. The van der Waals surface area contributed by atoms with Crippen LogP contribution in [-0.4, -0.2) is 46.9 Å². The van der Waals surface area contributed by atoms with Crippen LogP contribution in [0.15, 0.2) is 36.4 Å². The van der Waals surface area contributed by atoms with Gasteiger partial charge < -0.3 is 19.5 Å². The fourth-order valence-electron chi connectivity index (χ4n) is 2.65. The number of carbonyl (C=O) groups is 1. The number of benzene rings is 2. The predicted octanol–water partition coefficient (Wildman–Crippen LogP) is 2.84. The van der Waals surface area contributed by atoms with E-state index in [9.17, 15) is 13.6 Å². The summed E-state index contributed by atoms with van der Waals surface area (Å²) in [5, 5.41) is 13.9. The summed E-state index contributed by atoms with van der Waals surface area (Å²) in [6, 6.07) is 9.07. The van der Waals surface area contributed by atoms with Gasteiger partial charge in [0.2, 0.25) is 0 Å². The quantitative estimate of drug-likeness (QED) is 0.645. The molecule has 0 fully saturated rings. The van der Waals surface area contributed by atoms with E-state index in [4.69, 9.17) is 9.47 Å². The van der Waals surface area contributed by atoms with E-state index in [0.717, 1.165) is 0 Å². The molecule has 152 valence electrons. The molecule has 3 aromatic rings. The number of anilines is 1. The highest BCUT2D eigenvalue weighted by Crippen LogP contribution is 2.33. The van der Waals surface area contributed by atoms with Crippen LogP contribution >= 0.6 is 0 Å². The summed E-state index contributed by atoms with van der Waals surface area (Å²) in [7, 11) is 2.78. The van der Waals surface area contributed by atoms with Gasteiger partial charge in [-0.3, -0.25) is 4.79 Å². The first-order valence-corrected chi connectivity index (χ1v) is 8.31. The van der Waals surface area contributed by atoms with Gasteiger partial charge in [0.05, 0.1) is 19.8 Å². The molecule has 2 aromatic carbocycles. The lowest BCUT2D eigenvalue weighted by molar-refractivity contribution is -0.0515. The van der Waals surface area contributed by atoms with Gasteiger partial charge in [0.15, 0.2) is 17.3 Å². The Morgan fingerprint density at radius 1 is 1.14 bits per heavy atom. The summed E-state index contributed by atoms with van der Waals surface area (Å²) < 4.78 is 41.8. The first-order valence-electron chi connectivity index (χ1n) is 8.31. The number of hydrogen-bond donors (Lipinski definition) is 1. The number of para-hydroxylation sites is 1. The number of methoxy groups -OCH3 is 2. The van der Waals surface area contributed by atoms with Crippen LogP contribution in [0.25, 0.3) is 5.69 Å². The maximum absolute atomic E-state index is 12.8. The number of nitrogens with one attached hydrogen (secondary N) is 1. The number of aryl methyl sites for hydroxylation is 1. The summed E-state index contributed by atoms with van der Waals surface area (Å²) in [4.78, 5) is 12.7. The Morgan fingerprint density at radius 3 is 2.52 bits per heavy atom. The Morgan fingerprint density at radius 2 is 1.90 bits per heavy atom. The normalized spacial score (nSPS) is 10.7. The van der Waals surface area contributed by atoms with Crippen molar-refractivity contribution < 1.29 is 27.8 Å². The third-order valence-corrected chi connectivity index (χ3v) is 3.94. The Labute approximate surface area is 164 Å². The maximum Gasteiger partial charge on any atom is 0.387 e. The SMILES string of the molecule is COc1ccc(NC(=O)c2cccc(OC)c2OC(F)F)cc1-n1nnnc1C. The second kappa shape index (κ2) is 8.50. The molecule has 0 bridgehead atoms. The van der Waals surface area contributed by atoms with Crippen molar-refractivity contribution in [3.63, 3.8) is 0 Å². The number of amides is 1. The van der Waals surface area contributed by atoms with Crippen LogP contribution in [0, 0.1) is 6.92 Å². The van der Waals surface area contributed by atoms with Crippen molar-refractivity contribution in [2.24, 2.45) is 0 Å². The summed E-state index contributed by atoms with van der Waals surface area (Å²) in [6.45, 7) is -1.41. The summed E-state index contributed by atoms with van der Waals surface area (Å²) >= 11 is 0. The van der Waals surface area contributed by atoms with Gasteiger partial charge >= 0.3 is 6.61 Å². The molecule has 3 rings (SSSR count). The van der Waals surface area contributed by atoms with Crippen LogP contribution in [0.1, 0.15) is 16.2 Å². The molecule has 1 amide bonds. The summed E-state index contributed by atoms with van der Waals surface area (Å²) in [6.07, 6.45) is 0. The van der Waals surface area contributed by atoms with Crippen molar-refractivity contribution in [1.82, 2.24) is 20.2 Å². The van der Waals surface area contributed by atoms with E-state index in [1.54, 1.807) is 25.1 Å². The molecule has 0 aliphatic heterocycles. The van der Waals surface area contributed by atoms with E-state index in [1.807, 2.05) is 0 Å². The average Bonchev–Trinajstić information content (AvgIpc) is 3.13. The Bertz CT molecular complexity index is 1030. The molecule has 0 spiro atoms. The fourth-order valence-corrected chi connectivity index (χ4v) is 2.65. The van der Waals surface area contributed by atoms with Crippen LogP contribution in [0.3, 0.4) is 0 Å². The highest BCUT2D eigenvalue weighted by molar-refractivity contribution is 6.07. The number of alkyl halides is 2. The van der Waals surface area contributed by atoms with Gasteiger partial charge in [0.1, 0.15) is 11.4 Å². The van der Waals surface area contributed by atoms with Gasteiger partial charge in [-0.05, 0) is 47.7 Å². The number of halogens is 2. The lowest BCUT2D eigenvalue weighted by Gasteiger charge is -2.15. The molecule has 0 radical (unpaired) electrons. The number of carbonyl (C=O) groups excluding carboxylic acids is 1. The van der Waals surface area contributed by atoms with Gasteiger partial charge in [-0.15, -0.1) is 5.10 Å². The molecule has 29 heavy (non-hydrogen) atoms. The first kappa shape index (κ1) is 20.0. The van der Waals surface area contributed by atoms with E-state index >= 15 is 0 Å². The Hall–Kier alpha value is -3.76. The molecule has 11 heteroatoms. The summed E-state index contributed by atoms with van der Waals surface area (Å²) in [5.41, 5.74) is 0.745. The van der Waals surface area contributed by atoms with Crippen molar-refractivity contribution in [2.75, 3.05) is 19.5 Å². The van der Waals surface area contributed by atoms with Crippen molar-refractivity contribution >= 4 is 11.6 Å². The van der Waals surface area contributed by atoms with E-state index < -0.39 is 12.5 Å². The number of tetrazole rings is 1. The topological polar surface area (TPSA) is 100 Å². The molecule has 0 unspecified atom stereocenters. The monoisotopic (exact) mass is 405 g/mol. The second-order valence-corrected chi connectivity index (χ2v) is 5.69. The molecule has 9 nitrogen and oxygen atoms in total.